The number of pyridine rings is 2. The standard InChI is InChI=1S/C17H19N5O4/c1-17(2)15(21(23)24)13(11-7-3-5-9-18-11)20-14(16(17)22(25)26)12-8-4-6-10-19-12/h3-10,13-16,20H,1-2H3/t13-,14-,15+,16+/m0/s1. The van der Waals surface area contributed by atoms with E-state index in [2.05, 4.69) is 15.3 Å². The van der Waals surface area contributed by atoms with E-state index >= 15 is 0 Å². The van der Waals surface area contributed by atoms with Crippen molar-refractivity contribution < 1.29 is 9.85 Å². The van der Waals surface area contributed by atoms with Crippen LogP contribution in [0.2, 0.25) is 0 Å². The van der Waals surface area contributed by atoms with Gasteiger partial charge in [0.2, 0.25) is 12.1 Å². The number of nitrogens with one attached hydrogen (secondary N) is 1. The Morgan fingerprint density at radius 1 is 0.885 bits per heavy atom. The predicted molar refractivity (Wildman–Crippen MR) is 92.4 cm³/mol. The Labute approximate surface area is 149 Å². The van der Waals surface area contributed by atoms with Gasteiger partial charge in [-0.1, -0.05) is 12.1 Å². The number of nitro groups is 2. The molecule has 9 nitrogen and oxygen atoms in total. The lowest BCUT2D eigenvalue weighted by Crippen LogP contribution is -2.63. The van der Waals surface area contributed by atoms with Crippen molar-refractivity contribution in [2.45, 2.75) is 38.0 Å². The highest BCUT2D eigenvalue weighted by Crippen LogP contribution is 2.46. The molecule has 0 bridgehead atoms. The molecule has 1 aliphatic heterocycles. The third kappa shape index (κ3) is 3.01. The number of aromatic nitrogens is 2. The quantitative estimate of drug-likeness (QED) is 0.657. The molecule has 0 aromatic carbocycles. The van der Waals surface area contributed by atoms with Gasteiger partial charge in [0, 0.05) is 22.2 Å². The molecule has 3 heterocycles. The molecule has 0 aliphatic carbocycles. The Kier molecular flexibility index (Phi) is 4.64. The van der Waals surface area contributed by atoms with Crippen molar-refractivity contribution >= 4 is 0 Å². The lowest BCUT2D eigenvalue weighted by Gasteiger charge is -2.43. The van der Waals surface area contributed by atoms with E-state index in [-0.39, 0.29) is 0 Å². The number of rotatable bonds is 4. The minimum atomic E-state index is -1.23. The van der Waals surface area contributed by atoms with Crippen LogP contribution in [0.25, 0.3) is 0 Å². The zero-order chi connectivity index (χ0) is 18.9. The fraction of sp³-hybridized carbons (Fsp3) is 0.412. The molecular weight excluding hydrogens is 338 g/mol. The molecule has 4 atom stereocenters. The first-order valence-electron chi connectivity index (χ1n) is 8.19. The summed E-state index contributed by atoms with van der Waals surface area (Å²) in [5.74, 6) is 0. The van der Waals surface area contributed by atoms with Crippen LogP contribution in [-0.2, 0) is 0 Å². The summed E-state index contributed by atoms with van der Waals surface area (Å²) >= 11 is 0. The van der Waals surface area contributed by atoms with Crippen LogP contribution >= 0.6 is 0 Å². The van der Waals surface area contributed by atoms with Gasteiger partial charge in [0.05, 0.1) is 11.4 Å². The molecule has 0 spiro atoms. The van der Waals surface area contributed by atoms with Crippen molar-refractivity contribution in [1.29, 1.82) is 0 Å². The number of hydrogen-bond donors (Lipinski definition) is 1. The molecule has 136 valence electrons. The van der Waals surface area contributed by atoms with Gasteiger partial charge in [-0.05, 0) is 38.1 Å². The lowest BCUT2D eigenvalue weighted by molar-refractivity contribution is -0.605. The smallest absolute Gasteiger partial charge is 0.245 e. The molecule has 1 N–H and O–H groups in total. The van der Waals surface area contributed by atoms with Crippen LogP contribution in [0.3, 0.4) is 0 Å². The van der Waals surface area contributed by atoms with Gasteiger partial charge >= 0.3 is 0 Å². The maximum atomic E-state index is 11.9. The molecule has 1 saturated heterocycles. The van der Waals surface area contributed by atoms with E-state index in [4.69, 9.17) is 0 Å². The number of nitrogens with zero attached hydrogens (tertiary/aromatic N) is 4. The molecule has 2 aromatic rings. The van der Waals surface area contributed by atoms with E-state index < -0.39 is 39.4 Å². The van der Waals surface area contributed by atoms with E-state index in [9.17, 15) is 20.2 Å². The number of hydrogen-bond acceptors (Lipinski definition) is 7. The van der Waals surface area contributed by atoms with Crippen LogP contribution < -0.4 is 5.32 Å². The summed E-state index contributed by atoms with van der Waals surface area (Å²) in [4.78, 5) is 31.3. The fourth-order valence-electron chi connectivity index (χ4n) is 3.81. The van der Waals surface area contributed by atoms with Crippen LogP contribution in [-0.4, -0.2) is 31.9 Å². The van der Waals surface area contributed by atoms with Gasteiger partial charge in [0.25, 0.3) is 0 Å². The van der Waals surface area contributed by atoms with Crippen LogP contribution in [0.4, 0.5) is 0 Å². The Hall–Kier alpha value is -2.94. The van der Waals surface area contributed by atoms with Crippen molar-refractivity contribution in [1.82, 2.24) is 15.3 Å². The van der Waals surface area contributed by atoms with Gasteiger partial charge in [-0.2, -0.15) is 0 Å². The summed E-state index contributed by atoms with van der Waals surface area (Å²) in [6, 6.07) is 6.31. The zero-order valence-electron chi connectivity index (χ0n) is 14.4. The summed E-state index contributed by atoms with van der Waals surface area (Å²) in [5.41, 5.74) is -0.280. The predicted octanol–water partition coefficient (Wildman–Crippen LogP) is 2.18. The van der Waals surface area contributed by atoms with E-state index in [1.807, 2.05) is 0 Å². The van der Waals surface area contributed by atoms with Crippen molar-refractivity contribution in [2.24, 2.45) is 5.41 Å². The van der Waals surface area contributed by atoms with Gasteiger partial charge in [-0.3, -0.25) is 35.5 Å². The zero-order valence-corrected chi connectivity index (χ0v) is 14.4. The highest BCUT2D eigenvalue weighted by molar-refractivity contribution is 5.21. The average molecular weight is 357 g/mol. The summed E-state index contributed by atoms with van der Waals surface area (Å²) in [5, 5.41) is 26.8. The molecule has 0 amide bonds. The second kappa shape index (κ2) is 6.75. The Morgan fingerprint density at radius 3 is 1.62 bits per heavy atom. The Balaban J connectivity index is 2.14. The van der Waals surface area contributed by atoms with E-state index in [1.54, 1.807) is 62.6 Å². The summed E-state index contributed by atoms with van der Waals surface area (Å²) < 4.78 is 0. The van der Waals surface area contributed by atoms with E-state index in [0.29, 0.717) is 11.4 Å². The minimum Gasteiger partial charge on any atom is -0.289 e. The summed E-state index contributed by atoms with van der Waals surface area (Å²) in [7, 11) is 0. The number of piperidine rings is 1. The highest BCUT2D eigenvalue weighted by Gasteiger charge is 2.63. The van der Waals surface area contributed by atoms with Crippen molar-refractivity contribution in [3.63, 3.8) is 0 Å². The fourth-order valence-corrected chi connectivity index (χ4v) is 3.81. The Morgan fingerprint density at radius 2 is 1.31 bits per heavy atom. The molecule has 0 saturated carbocycles. The van der Waals surface area contributed by atoms with E-state index in [1.165, 1.54) is 0 Å². The highest BCUT2D eigenvalue weighted by atomic mass is 16.6. The largest absolute Gasteiger partial charge is 0.289 e. The molecule has 26 heavy (non-hydrogen) atoms. The average Bonchev–Trinajstić information content (AvgIpc) is 2.60. The van der Waals surface area contributed by atoms with Crippen molar-refractivity contribution in [3.8, 4) is 0 Å². The molecular formula is C17H19N5O4. The molecule has 9 heteroatoms. The van der Waals surface area contributed by atoms with Gasteiger partial charge in [0.1, 0.15) is 17.5 Å². The molecule has 0 radical (unpaired) electrons. The molecule has 1 fully saturated rings. The summed E-state index contributed by atoms with van der Waals surface area (Å²) in [6.07, 6.45) is 3.10. The first-order valence-corrected chi connectivity index (χ1v) is 8.19. The molecule has 2 aromatic heterocycles. The first-order chi connectivity index (χ1) is 12.3. The Bertz CT molecular complexity index is 734. The van der Waals surface area contributed by atoms with E-state index in [0.717, 1.165) is 0 Å². The normalized spacial score (nSPS) is 27.6. The van der Waals surface area contributed by atoms with Crippen molar-refractivity contribution in [2.75, 3.05) is 0 Å². The summed E-state index contributed by atoms with van der Waals surface area (Å²) in [6.45, 7) is 3.14. The molecule has 3 rings (SSSR count). The topological polar surface area (TPSA) is 124 Å². The third-order valence-electron chi connectivity index (χ3n) is 4.98. The third-order valence-corrected chi connectivity index (χ3v) is 4.98. The van der Waals surface area contributed by atoms with Gasteiger partial charge in [-0.25, -0.2) is 0 Å². The first kappa shape index (κ1) is 17.9. The van der Waals surface area contributed by atoms with Gasteiger partial charge < -0.3 is 0 Å². The SMILES string of the molecule is CC1(C)[C@H]([N+](=O)[O-])[C@H](c2ccccn2)N[C@@H](c2ccccn2)[C@H]1[N+](=O)[O-]. The van der Waals surface area contributed by atoms with Crippen LogP contribution in [0.1, 0.15) is 37.3 Å². The monoisotopic (exact) mass is 357 g/mol. The molecule has 0 unspecified atom stereocenters. The molecule has 1 aliphatic rings. The van der Waals surface area contributed by atoms with Crippen molar-refractivity contribution in [3.05, 3.63) is 80.4 Å². The lowest BCUT2D eigenvalue weighted by atomic mass is 9.67. The second-order valence-electron chi connectivity index (χ2n) is 6.91. The maximum absolute atomic E-state index is 11.9. The maximum Gasteiger partial charge on any atom is 0.245 e. The van der Waals surface area contributed by atoms with Crippen LogP contribution in [0.5, 0.6) is 0 Å². The van der Waals surface area contributed by atoms with Gasteiger partial charge in [0.15, 0.2) is 0 Å². The second-order valence-corrected chi connectivity index (χ2v) is 6.91. The minimum absolute atomic E-state index is 0.447. The van der Waals surface area contributed by atoms with Gasteiger partial charge in [-0.15, -0.1) is 0 Å². The van der Waals surface area contributed by atoms with Crippen LogP contribution in [0, 0.1) is 25.6 Å². The van der Waals surface area contributed by atoms with Crippen LogP contribution in [0.15, 0.2) is 48.8 Å².